The lowest BCUT2D eigenvalue weighted by atomic mass is 9.89. The van der Waals surface area contributed by atoms with Gasteiger partial charge in [0.1, 0.15) is 5.82 Å². The van der Waals surface area contributed by atoms with Crippen molar-refractivity contribution in [3.05, 3.63) is 29.6 Å². The number of ether oxygens (including phenoxy) is 1. The number of rotatable bonds is 4. The van der Waals surface area contributed by atoms with Crippen LogP contribution in [0.2, 0.25) is 0 Å². The van der Waals surface area contributed by atoms with Crippen molar-refractivity contribution in [1.29, 1.82) is 0 Å². The van der Waals surface area contributed by atoms with Crippen LogP contribution in [0.15, 0.2) is 18.2 Å². The Bertz CT molecular complexity index is 602. The zero-order valence-electron chi connectivity index (χ0n) is 12.8. The van der Waals surface area contributed by atoms with Crippen molar-refractivity contribution in [3.8, 4) is 0 Å². The Morgan fingerprint density at radius 1 is 1.39 bits per heavy atom. The minimum Gasteiger partial charge on any atom is -0.379 e. The third-order valence-electron chi connectivity index (χ3n) is 4.20. The van der Waals surface area contributed by atoms with Gasteiger partial charge in [0.2, 0.25) is 11.8 Å². The van der Waals surface area contributed by atoms with Crippen LogP contribution >= 0.6 is 0 Å². The van der Waals surface area contributed by atoms with Crippen molar-refractivity contribution in [3.63, 3.8) is 0 Å². The highest BCUT2D eigenvalue weighted by molar-refractivity contribution is 6.01. The van der Waals surface area contributed by atoms with Crippen LogP contribution in [-0.4, -0.2) is 56.1 Å². The molecule has 1 atom stereocenters. The van der Waals surface area contributed by atoms with E-state index in [-0.39, 0.29) is 18.2 Å². The smallest absolute Gasteiger partial charge is 0.228 e. The molecular weight excluding hydrogens is 301 g/mol. The number of fused-ring (bicyclic) bond motifs is 1. The first kappa shape index (κ1) is 15.9. The largest absolute Gasteiger partial charge is 0.379 e. The molecule has 6 nitrogen and oxygen atoms in total. The van der Waals surface area contributed by atoms with E-state index in [1.165, 1.54) is 18.2 Å². The molecule has 0 spiro atoms. The number of halogens is 1. The van der Waals surface area contributed by atoms with E-state index in [2.05, 4.69) is 15.5 Å². The number of nitrogens with one attached hydrogen (secondary N) is 2. The van der Waals surface area contributed by atoms with Gasteiger partial charge in [-0.05, 0) is 23.8 Å². The molecule has 2 aliphatic rings. The van der Waals surface area contributed by atoms with Crippen molar-refractivity contribution in [2.45, 2.75) is 12.3 Å². The second-order valence-corrected chi connectivity index (χ2v) is 5.78. The van der Waals surface area contributed by atoms with Crippen molar-refractivity contribution in [2.24, 2.45) is 0 Å². The highest BCUT2D eigenvalue weighted by Gasteiger charge is 2.30. The van der Waals surface area contributed by atoms with Crippen molar-refractivity contribution in [1.82, 2.24) is 10.2 Å². The van der Waals surface area contributed by atoms with Crippen molar-refractivity contribution < 1.29 is 18.7 Å². The number of benzene rings is 1. The molecule has 124 valence electrons. The van der Waals surface area contributed by atoms with Crippen LogP contribution in [0.1, 0.15) is 17.9 Å². The lowest BCUT2D eigenvalue weighted by Crippen LogP contribution is -2.43. The Labute approximate surface area is 134 Å². The maximum Gasteiger partial charge on any atom is 0.228 e. The molecular formula is C16H20FN3O3. The molecule has 1 fully saturated rings. The molecule has 0 radical (unpaired) electrons. The fourth-order valence-electron chi connectivity index (χ4n) is 2.95. The first-order chi connectivity index (χ1) is 11.1. The minimum absolute atomic E-state index is 0.0415. The fourth-order valence-corrected chi connectivity index (χ4v) is 2.95. The number of carbonyl (C=O) groups excluding carboxylic acids is 2. The van der Waals surface area contributed by atoms with E-state index in [0.29, 0.717) is 31.0 Å². The van der Waals surface area contributed by atoms with Gasteiger partial charge in [-0.25, -0.2) is 4.39 Å². The van der Waals surface area contributed by atoms with Gasteiger partial charge in [-0.1, -0.05) is 0 Å². The summed E-state index contributed by atoms with van der Waals surface area (Å²) < 4.78 is 18.7. The Balaban J connectivity index is 1.60. The van der Waals surface area contributed by atoms with E-state index >= 15 is 0 Å². The second kappa shape index (κ2) is 7.06. The summed E-state index contributed by atoms with van der Waals surface area (Å²) >= 11 is 0. The van der Waals surface area contributed by atoms with E-state index in [9.17, 15) is 14.0 Å². The minimum atomic E-state index is -0.640. The van der Waals surface area contributed by atoms with Gasteiger partial charge in [0.05, 0.1) is 19.1 Å². The van der Waals surface area contributed by atoms with E-state index in [1.807, 2.05) is 0 Å². The first-order valence-corrected chi connectivity index (χ1v) is 7.80. The molecule has 1 aromatic carbocycles. The van der Waals surface area contributed by atoms with Crippen LogP contribution in [0.5, 0.6) is 0 Å². The molecule has 0 aliphatic carbocycles. The van der Waals surface area contributed by atoms with Gasteiger partial charge in [0, 0.05) is 38.3 Å². The Morgan fingerprint density at radius 3 is 2.96 bits per heavy atom. The average molecular weight is 321 g/mol. The van der Waals surface area contributed by atoms with Gasteiger partial charge in [-0.3, -0.25) is 14.5 Å². The summed E-state index contributed by atoms with van der Waals surface area (Å²) in [5.74, 6) is -1.51. The molecule has 1 unspecified atom stereocenters. The molecule has 7 heteroatoms. The highest BCUT2D eigenvalue weighted by atomic mass is 19.1. The molecule has 2 amide bonds. The summed E-state index contributed by atoms with van der Waals surface area (Å²) in [6.07, 6.45) is 0.0415. The quantitative estimate of drug-likeness (QED) is 0.856. The van der Waals surface area contributed by atoms with Crippen molar-refractivity contribution >= 4 is 17.5 Å². The number of morpholine rings is 1. The maximum atomic E-state index is 13.5. The monoisotopic (exact) mass is 321 g/mol. The van der Waals surface area contributed by atoms with Gasteiger partial charge >= 0.3 is 0 Å². The van der Waals surface area contributed by atoms with Crippen LogP contribution in [0.4, 0.5) is 10.1 Å². The van der Waals surface area contributed by atoms with Gasteiger partial charge < -0.3 is 15.4 Å². The number of hydrogen-bond donors (Lipinski definition) is 2. The summed E-state index contributed by atoms with van der Waals surface area (Å²) in [6.45, 7) is 4.38. The molecule has 0 aromatic heterocycles. The molecule has 23 heavy (non-hydrogen) atoms. The molecule has 2 heterocycles. The van der Waals surface area contributed by atoms with E-state index in [0.717, 1.165) is 19.6 Å². The number of nitrogens with zero attached hydrogens (tertiary/aromatic N) is 1. The van der Waals surface area contributed by atoms with Crippen LogP contribution in [0, 0.1) is 5.82 Å². The molecule has 2 N–H and O–H groups in total. The van der Waals surface area contributed by atoms with Crippen LogP contribution in [0.25, 0.3) is 0 Å². The van der Waals surface area contributed by atoms with E-state index in [4.69, 9.17) is 4.74 Å². The van der Waals surface area contributed by atoms with Gasteiger partial charge in [-0.2, -0.15) is 0 Å². The normalized spacial score (nSPS) is 21.4. The number of anilines is 1. The number of carbonyl (C=O) groups is 2. The SMILES string of the molecule is O=C1CC(C(=O)NCCN2CCOCC2)c2cc(F)ccc2N1. The van der Waals surface area contributed by atoms with Gasteiger partial charge in [0.15, 0.2) is 0 Å². The third-order valence-corrected chi connectivity index (χ3v) is 4.20. The summed E-state index contributed by atoms with van der Waals surface area (Å²) in [6, 6.07) is 4.09. The summed E-state index contributed by atoms with van der Waals surface area (Å²) in [5, 5.41) is 5.53. The standard InChI is InChI=1S/C16H20FN3O3/c17-11-1-2-14-12(9-11)13(10-15(21)19-14)16(22)18-3-4-20-5-7-23-8-6-20/h1-2,9,13H,3-8,10H2,(H,18,22)(H,19,21). The molecule has 0 bridgehead atoms. The molecule has 0 saturated carbocycles. The predicted octanol–water partition coefficient (Wildman–Crippen LogP) is 0.700. The first-order valence-electron chi connectivity index (χ1n) is 7.80. The van der Waals surface area contributed by atoms with Gasteiger partial charge in [0.25, 0.3) is 0 Å². The second-order valence-electron chi connectivity index (χ2n) is 5.78. The topological polar surface area (TPSA) is 70.7 Å². The van der Waals surface area contributed by atoms with Crippen LogP contribution in [0.3, 0.4) is 0 Å². The average Bonchev–Trinajstić information content (AvgIpc) is 2.55. The highest BCUT2D eigenvalue weighted by Crippen LogP contribution is 2.32. The summed E-state index contributed by atoms with van der Waals surface area (Å²) in [4.78, 5) is 26.4. The van der Waals surface area contributed by atoms with E-state index < -0.39 is 11.7 Å². The Kier molecular flexibility index (Phi) is 4.88. The Morgan fingerprint density at radius 2 is 2.17 bits per heavy atom. The van der Waals surface area contributed by atoms with E-state index in [1.54, 1.807) is 0 Å². The molecule has 1 aromatic rings. The van der Waals surface area contributed by atoms with Gasteiger partial charge in [-0.15, -0.1) is 0 Å². The Hall–Kier alpha value is -1.99. The summed E-state index contributed by atoms with van der Waals surface area (Å²) in [7, 11) is 0. The molecule has 3 rings (SSSR count). The lowest BCUT2D eigenvalue weighted by molar-refractivity contribution is -0.126. The third kappa shape index (κ3) is 3.86. The summed E-state index contributed by atoms with van der Waals surface area (Å²) in [5.41, 5.74) is 1.05. The lowest BCUT2D eigenvalue weighted by Gasteiger charge is -2.28. The maximum absolute atomic E-state index is 13.5. The zero-order chi connectivity index (χ0) is 16.2. The van der Waals surface area contributed by atoms with Crippen LogP contribution < -0.4 is 10.6 Å². The molecule has 1 saturated heterocycles. The van der Waals surface area contributed by atoms with Crippen LogP contribution in [-0.2, 0) is 14.3 Å². The van der Waals surface area contributed by atoms with Crippen molar-refractivity contribution in [2.75, 3.05) is 44.7 Å². The number of amides is 2. The fraction of sp³-hybridized carbons (Fsp3) is 0.500. The zero-order valence-corrected chi connectivity index (χ0v) is 12.8. The predicted molar refractivity (Wildman–Crippen MR) is 82.7 cm³/mol. The molecule has 2 aliphatic heterocycles. The number of hydrogen-bond acceptors (Lipinski definition) is 4.